The summed E-state index contributed by atoms with van der Waals surface area (Å²) in [6, 6.07) is 10.6. The first-order chi connectivity index (χ1) is 16.5. The van der Waals surface area contributed by atoms with E-state index in [0.717, 1.165) is 75.9 Å². The molecular weight excluding hydrogens is 424 g/mol. The van der Waals surface area contributed by atoms with Gasteiger partial charge in [0, 0.05) is 49.0 Å². The molecule has 4 aromatic heterocycles. The number of fused-ring (bicyclic) bond motifs is 3. The van der Waals surface area contributed by atoms with Crippen molar-refractivity contribution in [2.24, 2.45) is 20.0 Å². The maximum Gasteiger partial charge on any atom is 0.329 e. The summed E-state index contributed by atoms with van der Waals surface area (Å²) in [6.45, 7) is 2.31. The van der Waals surface area contributed by atoms with Crippen LogP contribution in [0.15, 0.2) is 59.9 Å². The zero-order valence-electron chi connectivity index (χ0n) is 19.8. The minimum Gasteiger partial charge on any atom is -0.293 e. The number of benzene rings is 1. The van der Waals surface area contributed by atoms with Crippen molar-refractivity contribution in [3.05, 3.63) is 65.6 Å². The molecule has 0 amide bonds. The lowest BCUT2D eigenvalue weighted by Gasteiger charge is -2.27. The zero-order chi connectivity index (χ0) is 23.4. The fraction of sp³-hybridized carbons (Fsp3) is 0.333. The average Bonchev–Trinajstić information content (AvgIpc) is 3.41. The van der Waals surface area contributed by atoms with Crippen LogP contribution in [0.5, 0.6) is 0 Å². The fourth-order valence-corrected chi connectivity index (χ4v) is 5.33. The van der Waals surface area contributed by atoms with Crippen molar-refractivity contribution in [2.75, 3.05) is 0 Å². The van der Waals surface area contributed by atoms with Gasteiger partial charge in [0.25, 0.3) is 0 Å². The number of hydrogen-bond donors (Lipinski definition) is 0. The van der Waals surface area contributed by atoms with Crippen LogP contribution < -0.4 is 5.69 Å². The van der Waals surface area contributed by atoms with Crippen LogP contribution in [0, 0.1) is 5.92 Å². The number of imidazole rings is 1. The Balaban J connectivity index is 1.48. The molecule has 1 fully saturated rings. The van der Waals surface area contributed by atoms with Gasteiger partial charge in [0.05, 0.1) is 34.6 Å². The molecule has 0 radical (unpaired) electrons. The topological polar surface area (TPSA) is 70.5 Å². The SMILES string of the molecule is Cn1cc(-c2ccc(-c3ccc4ncc5c(c4c3)n([C@H]3CC[C@@H](C)CC3)c(=O)n5C)cn2)cn1. The van der Waals surface area contributed by atoms with Gasteiger partial charge in [-0.3, -0.25) is 23.8 Å². The highest BCUT2D eigenvalue weighted by molar-refractivity contribution is 6.04. The van der Waals surface area contributed by atoms with Gasteiger partial charge in [0.15, 0.2) is 0 Å². The van der Waals surface area contributed by atoms with Crippen molar-refractivity contribution in [3.63, 3.8) is 0 Å². The highest BCUT2D eigenvalue weighted by Gasteiger charge is 2.25. The van der Waals surface area contributed by atoms with E-state index in [1.807, 2.05) is 55.6 Å². The summed E-state index contributed by atoms with van der Waals surface area (Å²) in [5.41, 5.74) is 6.82. The zero-order valence-corrected chi connectivity index (χ0v) is 19.8. The maximum absolute atomic E-state index is 13.3. The highest BCUT2D eigenvalue weighted by atomic mass is 16.1. The largest absolute Gasteiger partial charge is 0.329 e. The van der Waals surface area contributed by atoms with E-state index in [4.69, 9.17) is 0 Å². The normalized spacial score (nSPS) is 18.7. The lowest BCUT2D eigenvalue weighted by Crippen LogP contribution is -2.28. The molecule has 0 unspecified atom stereocenters. The molecule has 1 aliphatic carbocycles. The van der Waals surface area contributed by atoms with Crippen LogP contribution in [0.1, 0.15) is 38.6 Å². The van der Waals surface area contributed by atoms with Crippen molar-refractivity contribution < 1.29 is 0 Å². The Morgan fingerprint density at radius 1 is 0.882 bits per heavy atom. The molecule has 0 aliphatic heterocycles. The first-order valence-corrected chi connectivity index (χ1v) is 11.9. The third-order valence-corrected chi connectivity index (χ3v) is 7.36. The van der Waals surface area contributed by atoms with E-state index >= 15 is 0 Å². The second kappa shape index (κ2) is 7.94. The molecule has 1 aromatic carbocycles. The summed E-state index contributed by atoms with van der Waals surface area (Å²) in [4.78, 5) is 22.7. The Labute approximate surface area is 197 Å². The molecule has 34 heavy (non-hydrogen) atoms. The van der Waals surface area contributed by atoms with Crippen LogP contribution in [0.2, 0.25) is 0 Å². The molecule has 5 aromatic rings. The summed E-state index contributed by atoms with van der Waals surface area (Å²) in [6.07, 6.45) is 11.9. The smallest absolute Gasteiger partial charge is 0.293 e. The first kappa shape index (κ1) is 20.8. The van der Waals surface area contributed by atoms with Crippen molar-refractivity contribution >= 4 is 21.9 Å². The van der Waals surface area contributed by atoms with Crippen molar-refractivity contribution in [2.45, 2.75) is 38.6 Å². The van der Waals surface area contributed by atoms with E-state index in [2.05, 4.69) is 40.2 Å². The number of aromatic nitrogens is 6. The summed E-state index contributed by atoms with van der Waals surface area (Å²) >= 11 is 0. The predicted octanol–water partition coefficient (Wildman–Crippen LogP) is 5.10. The molecule has 0 spiro atoms. The van der Waals surface area contributed by atoms with E-state index in [9.17, 15) is 4.79 Å². The average molecular weight is 453 g/mol. The van der Waals surface area contributed by atoms with Gasteiger partial charge < -0.3 is 0 Å². The van der Waals surface area contributed by atoms with Gasteiger partial charge in [0.1, 0.15) is 0 Å². The van der Waals surface area contributed by atoms with E-state index in [1.165, 1.54) is 0 Å². The molecule has 7 nitrogen and oxygen atoms in total. The Morgan fingerprint density at radius 2 is 1.68 bits per heavy atom. The molecule has 7 heteroatoms. The third kappa shape index (κ3) is 3.34. The standard InChI is InChI=1S/C27H28N6O/c1-17-4-8-21(9-5-17)33-26-22-12-18(6-11-24(22)29-15-25(26)32(3)27(33)34)19-7-10-23(28-13-19)20-14-30-31(2)16-20/h6-7,10-17,21H,4-5,8-9H2,1-3H3/t17-,21+. The third-order valence-electron chi connectivity index (χ3n) is 7.36. The summed E-state index contributed by atoms with van der Waals surface area (Å²) in [5.74, 6) is 0.731. The van der Waals surface area contributed by atoms with E-state index < -0.39 is 0 Å². The van der Waals surface area contributed by atoms with Gasteiger partial charge in [-0.15, -0.1) is 0 Å². The second-order valence-corrected chi connectivity index (χ2v) is 9.68. The Hall–Kier alpha value is -3.74. The van der Waals surface area contributed by atoms with Crippen molar-refractivity contribution in [3.8, 4) is 22.4 Å². The van der Waals surface area contributed by atoms with Crippen LogP contribution in [0.3, 0.4) is 0 Å². The lowest BCUT2D eigenvalue weighted by molar-refractivity contribution is 0.289. The van der Waals surface area contributed by atoms with Crippen LogP contribution >= 0.6 is 0 Å². The molecule has 0 N–H and O–H groups in total. The number of rotatable bonds is 3. The van der Waals surface area contributed by atoms with Crippen LogP contribution in [0.4, 0.5) is 0 Å². The van der Waals surface area contributed by atoms with E-state index in [-0.39, 0.29) is 11.7 Å². The molecule has 6 rings (SSSR count). The molecule has 1 aliphatic rings. The number of pyridine rings is 2. The molecule has 1 saturated carbocycles. The summed E-state index contributed by atoms with van der Waals surface area (Å²) in [7, 11) is 3.75. The Kier molecular flexibility index (Phi) is 4.86. The molecule has 0 saturated heterocycles. The molecular formula is C27H28N6O. The van der Waals surface area contributed by atoms with E-state index in [0.29, 0.717) is 0 Å². The van der Waals surface area contributed by atoms with Crippen molar-refractivity contribution in [1.82, 2.24) is 28.9 Å². The van der Waals surface area contributed by atoms with Gasteiger partial charge in [-0.05, 0) is 55.4 Å². The van der Waals surface area contributed by atoms with E-state index in [1.54, 1.807) is 9.25 Å². The van der Waals surface area contributed by atoms with Gasteiger partial charge in [-0.2, -0.15) is 5.10 Å². The highest BCUT2D eigenvalue weighted by Crippen LogP contribution is 2.35. The second-order valence-electron chi connectivity index (χ2n) is 9.68. The first-order valence-electron chi connectivity index (χ1n) is 11.9. The van der Waals surface area contributed by atoms with Crippen molar-refractivity contribution in [1.29, 1.82) is 0 Å². The van der Waals surface area contributed by atoms with Gasteiger partial charge in [-0.25, -0.2) is 4.79 Å². The van der Waals surface area contributed by atoms with Gasteiger partial charge in [-0.1, -0.05) is 19.1 Å². The maximum atomic E-state index is 13.3. The minimum atomic E-state index is 0.0525. The molecule has 4 heterocycles. The van der Waals surface area contributed by atoms with Crippen LogP contribution in [-0.4, -0.2) is 28.9 Å². The summed E-state index contributed by atoms with van der Waals surface area (Å²) < 4.78 is 5.56. The Morgan fingerprint density at radius 3 is 2.38 bits per heavy atom. The molecule has 0 atom stereocenters. The number of nitrogens with zero attached hydrogens (tertiary/aromatic N) is 6. The van der Waals surface area contributed by atoms with Crippen LogP contribution in [0.25, 0.3) is 44.3 Å². The monoisotopic (exact) mass is 452 g/mol. The molecule has 172 valence electrons. The van der Waals surface area contributed by atoms with Gasteiger partial charge >= 0.3 is 5.69 Å². The number of aryl methyl sites for hydroxylation is 2. The quantitative estimate of drug-likeness (QED) is 0.382. The van der Waals surface area contributed by atoms with Crippen LogP contribution in [-0.2, 0) is 14.1 Å². The molecule has 0 bridgehead atoms. The summed E-state index contributed by atoms with van der Waals surface area (Å²) in [5, 5.41) is 5.25. The lowest BCUT2D eigenvalue weighted by atomic mass is 9.87. The number of hydrogen-bond acceptors (Lipinski definition) is 4. The Bertz CT molecular complexity index is 1570. The predicted molar refractivity (Wildman–Crippen MR) is 135 cm³/mol. The minimum absolute atomic E-state index is 0.0525. The van der Waals surface area contributed by atoms with Gasteiger partial charge in [0.2, 0.25) is 0 Å². The fourth-order valence-electron chi connectivity index (χ4n) is 5.33.